The quantitative estimate of drug-likeness (QED) is 0.796. The average Bonchev–Trinajstić information content (AvgIpc) is 2.63. The Hall–Kier alpha value is -2.81. The number of rotatable bonds is 6. The van der Waals surface area contributed by atoms with Crippen LogP contribution in [-0.2, 0) is 14.8 Å². The molecule has 0 aromatic heterocycles. The summed E-state index contributed by atoms with van der Waals surface area (Å²) in [4.78, 5) is 14.2. The minimum atomic E-state index is -3.42. The fourth-order valence-corrected chi connectivity index (χ4v) is 3.64. The van der Waals surface area contributed by atoms with E-state index >= 15 is 0 Å². The Kier molecular flexibility index (Phi) is 5.50. The van der Waals surface area contributed by atoms with Crippen LogP contribution in [0, 0.1) is 0 Å². The maximum Gasteiger partial charge on any atom is 0.257 e. The van der Waals surface area contributed by atoms with Crippen LogP contribution in [0.3, 0.4) is 0 Å². The summed E-state index contributed by atoms with van der Waals surface area (Å²) in [5, 5.41) is 2.81. The van der Waals surface area contributed by atoms with Crippen molar-refractivity contribution < 1.29 is 22.7 Å². The maximum absolute atomic E-state index is 12.6. The van der Waals surface area contributed by atoms with Crippen molar-refractivity contribution in [1.82, 2.24) is 4.90 Å². The summed E-state index contributed by atoms with van der Waals surface area (Å²) >= 11 is 0. The Morgan fingerprint density at radius 1 is 1.19 bits per heavy atom. The zero-order valence-electron chi connectivity index (χ0n) is 15.1. The third-order valence-electron chi connectivity index (χ3n) is 3.89. The first-order chi connectivity index (χ1) is 12.9. The second kappa shape index (κ2) is 7.83. The number of amides is 1. The fourth-order valence-electron chi connectivity index (χ4n) is 2.67. The molecule has 1 aromatic carbocycles. The number of nitrogens with zero attached hydrogens (tertiary/aromatic N) is 2. The van der Waals surface area contributed by atoms with Crippen LogP contribution in [0.2, 0.25) is 0 Å². The lowest BCUT2D eigenvalue weighted by atomic mass is 10.1. The average molecular weight is 391 g/mol. The van der Waals surface area contributed by atoms with E-state index < -0.39 is 10.0 Å². The molecule has 0 saturated carbocycles. The first kappa shape index (κ1) is 19.0. The molecule has 3 rings (SSSR count). The highest BCUT2D eigenvalue weighted by Gasteiger charge is 2.25. The molecule has 27 heavy (non-hydrogen) atoms. The van der Waals surface area contributed by atoms with Gasteiger partial charge in [0.25, 0.3) is 15.9 Å². The number of hydrogen-bond donors (Lipinski definition) is 1. The molecule has 0 atom stereocenters. The number of anilines is 1. The zero-order valence-corrected chi connectivity index (χ0v) is 16.0. The van der Waals surface area contributed by atoms with Gasteiger partial charge in [0.05, 0.1) is 24.5 Å². The van der Waals surface area contributed by atoms with Crippen LogP contribution in [0.25, 0.3) is 0 Å². The molecule has 1 N–H and O–H groups in total. The molecule has 0 fully saturated rings. The molecule has 0 unspecified atom stereocenters. The molecule has 144 valence electrons. The summed E-state index contributed by atoms with van der Waals surface area (Å²) in [5.41, 5.74) is 0.974. The summed E-state index contributed by atoms with van der Waals surface area (Å²) in [6.45, 7) is 5.01. The number of fused-ring (bicyclic) bond motifs is 1. The van der Waals surface area contributed by atoms with Crippen molar-refractivity contribution in [3.8, 4) is 11.5 Å². The smallest absolute Gasteiger partial charge is 0.257 e. The lowest BCUT2D eigenvalue weighted by Crippen LogP contribution is -2.37. The largest absolute Gasteiger partial charge is 0.490 e. The molecule has 9 heteroatoms. The van der Waals surface area contributed by atoms with E-state index in [2.05, 4.69) is 9.71 Å². The second-order valence-electron chi connectivity index (χ2n) is 5.83. The van der Waals surface area contributed by atoms with Gasteiger partial charge >= 0.3 is 0 Å². The Morgan fingerprint density at radius 3 is 2.67 bits per heavy atom. The van der Waals surface area contributed by atoms with Crippen molar-refractivity contribution in [3.05, 3.63) is 42.1 Å². The molecular formula is C18H21N3O5S. The lowest BCUT2D eigenvalue weighted by Gasteiger charge is -2.27. The Labute approximate surface area is 158 Å². The van der Waals surface area contributed by atoms with Crippen LogP contribution in [0.1, 0.15) is 13.8 Å². The van der Waals surface area contributed by atoms with Gasteiger partial charge in [-0.05, 0) is 38.1 Å². The summed E-state index contributed by atoms with van der Waals surface area (Å²) in [6, 6.07) is 5.19. The van der Waals surface area contributed by atoms with E-state index in [0.717, 1.165) is 0 Å². The molecule has 0 spiro atoms. The van der Waals surface area contributed by atoms with Gasteiger partial charge in [-0.2, -0.15) is 0 Å². The Morgan fingerprint density at radius 2 is 1.93 bits per heavy atom. The van der Waals surface area contributed by atoms with E-state index in [1.807, 2.05) is 13.8 Å². The highest BCUT2D eigenvalue weighted by atomic mass is 32.2. The summed E-state index contributed by atoms with van der Waals surface area (Å²) in [6.07, 6.45) is 4.67. The monoisotopic (exact) mass is 391 g/mol. The Bertz CT molecular complexity index is 934. The zero-order chi connectivity index (χ0) is 19.4. The summed E-state index contributed by atoms with van der Waals surface area (Å²) in [7, 11) is -3.42. The molecule has 1 amide bonds. The minimum Gasteiger partial charge on any atom is -0.490 e. The number of hydrogen-bond acceptors (Lipinski definition) is 6. The van der Waals surface area contributed by atoms with Crippen molar-refractivity contribution in [3.63, 3.8) is 0 Å². The SMILES string of the molecule is CCOc1ccc(NC(=O)C2=CN3CCS(=O)(=O)N=C3C=C2)cc1OCC. The maximum atomic E-state index is 12.6. The number of amidine groups is 1. The molecule has 2 aliphatic heterocycles. The number of carbonyl (C=O) groups is 1. The Balaban J connectivity index is 1.75. The van der Waals surface area contributed by atoms with Gasteiger partial charge in [-0.25, -0.2) is 8.42 Å². The third-order valence-corrected chi connectivity index (χ3v) is 5.05. The van der Waals surface area contributed by atoms with E-state index in [1.54, 1.807) is 35.4 Å². The number of carbonyl (C=O) groups excluding carboxylic acids is 1. The molecule has 2 aliphatic rings. The van der Waals surface area contributed by atoms with E-state index in [-0.39, 0.29) is 18.2 Å². The second-order valence-corrected chi connectivity index (χ2v) is 7.58. The predicted octanol–water partition coefficient (Wildman–Crippen LogP) is 1.92. The molecule has 0 bridgehead atoms. The van der Waals surface area contributed by atoms with Crippen molar-refractivity contribution in [2.75, 3.05) is 30.8 Å². The van der Waals surface area contributed by atoms with Crippen LogP contribution in [0.15, 0.2) is 46.5 Å². The third kappa shape index (κ3) is 4.48. The number of sulfonamides is 1. The topological polar surface area (TPSA) is 97.3 Å². The van der Waals surface area contributed by atoms with E-state index in [1.165, 1.54) is 6.08 Å². The van der Waals surface area contributed by atoms with Crippen molar-refractivity contribution >= 4 is 27.5 Å². The fraction of sp³-hybridized carbons (Fsp3) is 0.333. The van der Waals surface area contributed by atoms with Crippen LogP contribution >= 0.6 is 0 Å². The lowest BCUT2D eigenvalue weighted by molar-refractivity contribution is -0.112. The van der Waals surface area contributed by atoms with Gasteiger partial charge in [-0.1, -0.05) is 0 Å². The number of benzene rings is 1. The van der Waals surface area contributed by atoms with Gasteiger partial charge in [0.15, 0.2) is 11.5 Å². The molecule has 0 aliphatic carbocycles. The molecule has 0 radical (unpaired) electrons. The highest BCUT2D eigenvalue weighted by molar-refractivity contribution is 7.90. The van der Waals surface area contributed by atoms with Crippen LogP contribution in [-0.4, -0.2) is 50.6 Å². The summed E-state index contributed by atoms with van der Waals surface area (Å²) < 4.78 is 37.9. The first-order valence-corrected chi connectivity index (χ1v) is 10.2. The van der Waals surface area contributed by atoms with Crippen LogP contribution < -0.4 is 14.8 Å². The molecule has 8 nitrogen and oxygen atoms in total. The molecule has 2 heterocycles. The van der Waals surface area contributed by atoms with Gasteiger partial charge in [0, 0.05) is 24.5 Å². The van der Waals surface area contributed by atoms with Gasteiger partial charge in [0.2, 0.25) is 0 Å². The first-order valence-electron chi connectivity index (χ1n) is 8.62. The van der Waals surface area contributed by atoms with E-state index in [0.29, 0.717) is 41.8 Å². The number of nitrogens with one attached hydrogen (secondary N) is 1. The number of ether oxygens (including phenoxy) is 2. The molecule has 0 saturated heterocycles. The van der Waals surface area contributed by atoms with Gasteiger partial charge < -0.3 is 19.7 Å². The van der Waals surface area contributed by atoms with Gasteiger partial charge in [0.1, 0.15) is 5.84 Å². The standard InChI is InChI=1S/C18H21N3O5S/c1-3-25-15-7-6-14(11-16(15)26-4-2)19-18(22)13-5-8-17-20-27(23,24)10-9-21(17)12-13/h5-8,11-12H,3-4,9-10H2,1-2H3,(H,19,22). The minimum absolute atomic E-state index is 0.0770. The van der Waals surface area contributed by atoms with Crippen molar-refractivity contribution in [2.24, 2.45) is 4.40 Å². The van der Waals surface area contributed by atoms with Crippen molar-refractivity contribution in [1.29, 1.82) is 0 Å². The highest BCUT2D eigenvalue weighted by Crippen LogP contribution is 2.31. The van der Waals surface area contributed by atoms with Crippen LogP contribution in [0.4, 0.5) is 5.69 Å². The van der Waals surface area contributed by atoms with Gasteiger partial charge in [-0.15, -0.1) is 4.40 Å². The van der Waals surface area contributed by atoms with Crippen LogP contribution in [0.5, 0.6) is 11.5 Å². The normalized spacial score (nSPS) is 17.5. The van der Waals surface area contributed by atoms with E-state index in [4.69, 9.17) is 9.47 Å². The summed E-state index contributed by atoms with van der Waals surface area (Å²) in [5.74, 6) is 1.10. The predicted molar refractivity (Wildman–Crippen MR) is 103 cm³/mol. The molecule has 1 aromatic rings. The van der Waals surface area contributed by atoms with Crippen molar-refractivity contribution in [2.45, 2.75) is 13.8 Å². The molecular weight excluding hydrogens is 370 g/mol. The van der Waals surface area contributed by atoms with Gasteiger partial charge in [-0.3, -0.25) is 4.79 Å². The van der Waals surface area contributed by atoms with E-state index in [9.17, 15) is 13.2 Å².